The number of nitrogens with one attached hydrogen (secondary N) is 1. The summed E-state index contributed by atoms with van der Waals surface area (Å²) in [7, 11) is -2.86. The number of carbonyl (C=O) groups excluding carboxylic acids is 1. The zero-order valence-electron chi connectivity index (χ0n) is 19.0. The second-order valence-corrected chi connectivity index (χ2v) is 9.63. The minimum Gasteiger partial charge on any atom is -0.497 e. The number of halogens is 4. The smallest absolute Gasteiger partial charge is 0.417 e. The van der Waals surface area contributed by atoms with Crippen LogP contribution in [0.25, 0.3) is 0 Å². The van der Waals surface area contributed by atoms with Crippen molar-refractivity contribution in [3.63, 3.8) is 0 Å². The van der Waals surface area contributed by atoms with E-state index in [-0.39, 0.29) is 23.7 Å². The molecule has 1 amide bonds. The van der Waals surface area contributed by atoms with Gasteiger partial charge in [-0.1, -0.05) is 29.8 Å². The third kappa shape index (κ3) is 6.82. The predicted octanol–water partition coefficient (Wildman–Crippen LogP) is 4.76. The van der Waals surface area contributed by atoms with Gasteiger partial charge in [0.2, 0.25) is 5.91 Å². The highest BCUT2D eigenvalue weighted by molar-refractivity contribution is 7.92. The zero-order valence-corrected chi connectivity index (χ0v) is 20.5. The number of benzene rings is 3. The number of methoxy groups -OCH3 is 1. The summed E-state index contributed by atoms with van der Waals surface area (Å²) in [5.41, 5.74) is -1.58. The van der Waals surface area contributed by atoms with Crippen LogP contribution in [-0.4, -0.2) is 41.1 Å². The Labute approximate surface area is 211 Å². The van der Waals surface area contributed by atoms with Crippen LogP contribution in [0.2, 0.25) is 5.02 Å². The molecule has 0 heterocycles. The number of rotatable bonds is 10. The normalized spacial score (nSPS) is 11.6. The SMILES string of the molecule is COc1ccc(OCCNC(=O)CN(c2ccc(Cl)c(C(F)(F)F)c2)S(=O)(=O)c2ccccc2)cc1. The minimum atomic E-state index is -4.82. The van der Waals surface area contributed by atoms with E-state index in [0.717, 1.165) is 12.1 Å². The lowest BCUT2D eigenvalue weighted by Gasteiger charge is -2.25. The Morgan fingerprint density at radius 3 is 2.25 bits per heavy atom. The van der Waals surface area contributed by atoms with Gasteiger partial charge < -0.3 is 14.8 Å². The summed E-state index contributed by atoms with van der Waals surface area (Å²) in [6, 6.07) is 16.5. The third-order valence-electron chi connectivity index (χ3n) is 4.91. The molecule has 0 saturated heterocycles. The van der Waals surface area contributed by atoms with Crippen LogP contribution in [-0.2, 0) is 21.0 Å². The molecule has 3 aromatic carbocycles. The van der Waals surface area contributed by atoms with Gasteiger partial charge in [0.25, 0.3) is 10.0 Å². The maximum absolute atomic E-state index is 13.4. The molecule has 1 N–H and O–H groups in total. The van der Waals surface area contributed by atoms with Crippen LogP contribution in [0.3, 0.4) is 0 Å². The van der Waals surface area contributed by atoms with E-state index in [2.05, 4.69) is 5.32 Å². The molecule has 0 saturated carbocycles. The monoisotopic (exact) mass is 542 g/mol. The number of hydrogen-bond donors (Lipinski definition) is 1. The Balaban J connectivity index is 1.77. The number of amides is 1. The molecule has 36 heavy (non-hydrogen) atoms. The van der Waals surface area contributed by atoms with E-state index in [4.69, 9.17) is 21.1 Å². The molecule has 3 aromatic rings. The van der Waals surface area contributed by atoms with E-state index in [0.29, 0.717) is 21.9 Å². The fourth-order valence-corrected chi connectivity index (χ4v) is 4.80. The molecule has 0 radical (unpaired) electrons. The zero-order chi connectivity index (χ0) is 26.3. The van der Waals surface area contributed by atoms with Crippen LogP contribution < -0.4 is 19.1 Å². The molecule has 0 aliphatic rings. The predicted molar refractivity (Wildman–Crippen MR) is 129 cm³/mol. The van der Waals surface area contributed by atoms with Crippen molar-refractivity contribution in [1.82, 2.24) is 5.32 Å². The molecule has 0 fully saturated rings. The summed E-state index contributed by atoms with van der Waals surface area (Å²) in [6.45, 7) is -0.667. The highest BCUT2D eigenvalue weighted by Gasteiger charge is 2.35. The Morgan fingerprint density at radius 1 is 1.00 bits per heavy atom. The molecule has 0 aliphatic heterocycles. The van der Waals surface area contributed by atoms with Gasteiger partial charge in [-0.05, 0) is 54.6 Å². The fourth-order valence-electron chi connectivity index (χ4n) is 3.14. The summed E-state index contributed by atoms with van der Waals surface area (Å²) in [4.78, 5) is 12.4. The van der Waals surface area contributed by atoms with Crippen LogP contribution in [0.1, 0.15) is 5.56 Å². The Morgan fingerprint density at radius 2 is 1.64 bits per heavy atom. The van der Waals surface area contributed by atoms with Crippen molar-refractivity contribution in [3.05, 3.63) is 83.4 Å². The lowest BCUT2D eigenvalue weighted by atomic mass is 10.2. The second kappa shape index (κ2) is 11.5. The van der Waals surface area contributed by atoms with Gasteiger partial charge in [-0.3, -0.25) is 9.10 Å². The topological polar surface area (TPSA) is 84.9 Å². The number of carbonyl (C=O) groups is 1. The summed E-state index contributed by atoms with van der Waals surface area (Å²) in [5.74, 6) is 0.432. The van der Waals surface area contributed by atoms with Crippen molar-refractivity contribution >= 4 is 33.2 Å². The van der Waals surface area contributed by atoms with Crippen molar-refractivity contribution in [3.8, 4) is 11.5 Å². The molecule has 0 spiro atoms. The van der Waals surface area contributed by atoms with Crippen LogP contribution in [0.4, 0.5) is 18.9 Å². The first kappa shape index (κ1) is 27.2. The Hall–Kier alpha value is -3.44. The van der Waals surface area contributed by atoms with Crippen LogP contribution in [0.15, 0.2) is 77.7 Å². The number of anilines is 1. The van der Waals surface area contributed by atoms with E-state index >= 15 is 0 Å². The third-order valence-corrected chi connectivity index (χ3v) is 7.03. The first-order valence-corrected chi connectivity index (χ1v) is 12.3. The average molecular weight is 543 g/mol. The van der Waals surface area contributed by atoms with Gasteiger partial charge in [0.15, 0.2) is 0 Å². The van der Waals surface area contributed by atoms with E-state index in [1.807, 2.05) is 0 Å². The summed E-state index contributed by atoms with van der Waals surface area (Å²) in [5, 5.41) is 1.92. The molecule has 0 bridgehead atoms. The maximum Gasteiger partial charge on any atom is 0.417 e. The standard InChI is InChI=1S/C24H22ClF3N2O5S/c1-34-18-8-10-19(11-9-18)35-14-13-29-23(31)16-30(36(32,33)20-5-3-2-4-6-20)17-7-12-22(25)21(15-17)24(26,27)28/h2-12,15H,13-14,16H2,1H3,(H,29,31). The van der Waals surface area contributed by atoms with Crippen molar-refractivity contribution in [2.45, 2.75) is 11.1 Å². The largest absolute Gasteiger partial charge is 0.497 e. The van der Waals surface area contributed by atoms with Crippen LogP contribution in [0, 0.1) is 0 Å². The second-order valence-electron chi connectivity index (χ2n) is 7.36. The Kier molecular flexibility index (Phi) is 8.70. The van der Waals surface area contributed by atoms with Crippen molar-refractivity contribution in [2.75, 3.05) is 31.1 Å². The van der Waals surface area contributed by atoms with Crippen molar-refractivity contribution in [1.29, 1.82) is 0 Å². The van der Waals surface area contributed by atoms with Gasteiger partial charge in [-0.25, -0.2) is 8.42 Å². The number of alkyl halides is 3. The average Bonchev–Trinajstić information content (AvgIpc) is 2.86. The number of sulfonamides is 1. The highest BCUT2D eigenvalue weighted by Crippen LogP contribution is 2.38. The Bertz CT molecular complexity index is 1290. The molecule has 3 rings (SSSR count). The quantitative estimate of drug-likeness (QED) is 0.374. The molecular formula is C24H22ClF3N2O5S. The van der Waals surface area contributed by atoms with E-state index in [1.165, 1.54) is 31.4 Å². The number of ether oxygens (including phenoxy) is 2. The number of nitrogens with zero attached hydrogens (tertiary/aromatic N) is 1. The molecule has 12 heteroatoms. The van der Waals surface area contributed by atoms with Crippen LogP contribution >= 0.6 is 11.6 Å². The molecule has 192 valence electrons. The fraction of sp³-hybridized carbons (Fsp3) is 0.208. The van der Waals surface area contributed by atoms with Gasteiger partial charge in [0.1, 0.15) is 24.7 Å². The highest BCUT2D eigenvalue weighted by atomic mass is 35.5. The summed E-state index contributed by atoms with van der Waals surface area (Å²) >= 11 is 5.69. The lowest BCUT2D eigenvalue weighted by molar-refractivity contribution is -0.137. The van der Waals surface area contributed by atoms with E-state index < -0.39 is 39.2 Å². The van der Waals surface area contributed by atoms with Gasteiger partial charge >= 0.3 is 6.18 Å². The number of hydrogen-bond acceptors (Lipinski definition) is 5. The lowest BCUT2D eigenvalue weighted by Crippen LogP contribution is -2.42. The van der Waals surface area contributed by atoms with Crippen molar-refractivity contribution < 1.29 is 35.9 Å². The first-order valence-electron chi connectivity index (χ1n) is 10.5. The van der Waals surface area contributed by atoms with Gasteiger partial charge in [-0.2, -0.15) is 13.2 Å². The molecular weight excluding hydrogens is 521 g/mol. The van der Waals surface area contributed by atoms with E-state index in [9.17, 15) is 26.4 Å². The molecule has 0 aliphatic carbocycles. The molecule has 0 unspecified atom stereocenters. The minimum absolute atomic E-state index is 0.0263. The van der Waals surface area contributed by atoms with E-state index in [1.54, 1.807) is 30.3 Å². The molecule has 0 atom stereocenters. The van der Waals surface area contributed by atoms with Crippen molar-refractivity contribution in [2.24, 2.45) is 0 Å². The van der Waals surface area contributed by atoms with Crippen LogP contribution in [0.5, 0.6) is 11.5 Å². The van der Waals surface area contributed by atoms with Gasteiger partial charge in [-0.15, -0.1) is 0 Å². The maximum atomic E-state index is 13.4. The first-order chi connectivity index (χ1) is 17.0. The summed E-state index contributed by atoms with van der Waals surface area (Å²) < 4.78 is 78.0. The molecule has 7 nitrogen and oxygen atoms in total. The van der Waals surface area contributed by atoms with Gasteiger partial charge in [0.05, 0.1) is 34.8 Å². The van der Waals surface area contributed by atoms with Gasteiger partial charge in [0, 0.05) is 0 Å². The molecule has 0 aromatic heterocycles. The summed E-state index contributed by atoms with van der Waals surface area (Å²) in [6.07, 6.45) is -4.82.